The summed E-state index contributed by atoms with van der Waals surface area (Å²) in [6, 6.07) is 7.89. The predicted molar refractivity (Wildman–Crippen MR) is 82.7 cm³/mol. The maximum absolute atomic E-state index is 12.2. The summed E-state index contributed by atoms with van der Waals surface area (Å²) in [5.41, 5.74) is 0.967. The van der Waals surface area contributed by atoms with Gasteiger partial charge in [-0.1, -0.05) is 32.0 Å². The fourth-order valence-corrected chi connectivity index (χ4v) is 3.75. The minimum atomic E-state index is -3.13. The lowest BCUT2D eigenvalue weighted by Crippen LogP contribution is -2.34. The second-order valence-corrected chi connectivity index (χ2v) is 7.86. The van der Waals surface area contributed by atoms with Crippen LogP contribution in [0.4, 0.5) is 0 Å². The van der Waals surface area contributed by atoms with Crippen LogP contribution in [-0.2, 0) is 16.3 Å². The standard InChI is InChI=1S/C16H25NO2S/c1-3-11-17-15(13-9-10-13)12-14-7-5-6-8-16(14)20(18,19)4-2/h5-8,13,15,17H,3-4,9-12H2,1-2H3. The Morgan fingerprint density at radius 1 is 1.25 bits per heavy atom. The molecule has 1 aliphatic rings. The summed E-state index contributed by atoms with van der Waals surface area (Å²) in [5.74, 6) is 0.888. The van der Waals surface area contributed by atoms with Gasteiger partial charge in [-0.2, -0.15) is 0 Å². The van der Waals surface area contributed by atoms with E-state index in [1.54, 1.807) is 13.0 Å². The van der Waals surface area contributed by atoms with E-state index in [1.807, 2.05) is 18.2 Å². The SMILES string of the molecule is CCCNC(Cc1ccccc1S(=O)(=O)CC)C1CC1. The summed E-state index contributed by atoms with van der Waals surface area (Å²) < 4.78 is 24.4. The molecule has 0 aromatic heterocycles. The molecule has 1 aliphatic carbocycles. The molecule has 0 radical (unpaired) electrons. The van der Waals surface area contributed by atoms with E-state index in [0.29, 0.717) is 10.9 Å². The Labute approximate surface area is 122 Å². The molecular weight excluding hydrogens is 270 g/mol. The molecule has 1 atom stereocenters. The van der Waals surface area contributed by atoms with Gasteiger partial charge in [0, 0.05) is 6.04 Å². The molecule has 1 aromatic carbocycles. The van der Waals surface area contributed by atoms with Gasteiger partial charge in [0.05, 0.1) is 10.6 Å². The quantitative estimate of drug-likeness (QED) is 0.802. The van der Waals surface area contributed by atoms with Gasteiger partial charge in [0.1, 0.15) is 0 Å². The van der Waals surface area contributed by atoms with Crippen molar-refractivity contribution in [1.29, 1.82) is 0 Å². The van der Waals surface area contributed by atoms with Gasteiger partial charge in [0.2, 0.25) is 0 Å². The monoisotopic (exact) mass is 295 g/mol. The molecule has 1 saturated carbocycles. The summed E-state index contributed by atoms with van der Waals surface area (Å²) in [5, 5.41) is 3.58. The zero-order valence-electron chi connectivity index (χ0n) is 12.4. The number of rotatable bonds is 8. The van der Waals surface area contributed by atoms with Crippen LogP contribution in [0, 0.1) is 5.92 Å². The number of nitrogens with one attached hydrogen (secondary N) is 1. The van der Waals surface area contributed by atoms with Crippen molar-refractivity contribution in [3.8, 4) is 0 Å². The lowest BCUT2D eigenvalue weighted by atomic mass is 10.0. The Hall–Kier alpha value is -0.870. The third kappa shape index (κ3) is 3.83. The molecule has 1 N–H and O–H groups in total. The molecule has 3 nitrogen and oxygen atoms in total. The van der Waals surface area contributed by atoms with E-state index >= 15 is 0 Å². The van der Waals surface area contributed by atoms with Gasteiger partial charge in [0.15, 0.2) is 9.84 Å². The van der Waals surface area contributed by atoms with Crippen LogP contribution in [0.25, 0.3) is 0 Å². The Balaban J connectivity index is 2.19. The molecule has 0 bridgehead atoms. The molecule has 20 heavy (non-hydrogen) atoms. The molecular formula is C16H25NO2S. The van der Waals surface area contributed by atoms with Crippen molar-refractivity contribution in [1.82, 2.24) is 5.32 Å². The smallest absolute Gasteiger partial charge is 0.178 e. The van der Waals surface area contributed by atoms with Gasteiger partial charge in [-0.25, -0.2) is 8.42 Å². The predicted octanol–water partition coefficient (Wildman–Crippen LogP) is 2.80. The van der Waals surface area contributed by atoms with Crippen LogP contribution in [-0.4, -0.2) is 26.8 Å². The van der Waals surface area contributed by atoms with Crippen LogP contribution in [0.3, 0.4) is 0 Å². The van der Waals surface area contributed by atoms with Crippen molar-refractivity contribution < 1.29 is 8.42 Å². The highest BCUT2D eigenvalue weighted by Crippen LogP contribution is 2.35. The number of benzene rings is 1. The third-order valence-corrected chi connectivity index (χ3v) is 5.80. The van der Waals surface area contributed by atoms with Crippen molar-refractivity contribution in [2.45, 2.75) is 50.5 Å². The van der Waals surface area contributed by atoms with Crippen LogP contribution in [0.2, 0.25) is 0 Å². The first-order valence-electron chi connectivity index (χ1n) is 7.62. The van der Waals surface area contributed by atoms with E-state index in [1.165, 1.54) is 12.8 Å². The molecule has 112 valence electrons. The Morgan fingerprint density at radius 3 is 2.55 bits per heavy atom. The van der Waals surface area contributed by atoms with Crippen molar-refractivity contribution in [3.05, 3.63) is 29.8 Å². The summed E-state index contributed by atoms with van der Waals surface area (Å²) in [7, 11) is -3.13. The molecule has 0 spiro atoms. The largest absolute Gasteiger partial charge is 0.313 e. The Morgan fingerprint density at radius 2 is 1.95 bits per heavy atom. The summed E-state index contributed by atoms with van der Waals surface area (Å²) >= 11 is 0. The first-order chi connectivity index (χ1) is 9.58. The van der Waals surface area contributed by atoms with Gasteiger partial charge in [0.25, 0.3) is 0 Å². The molecule has 1 unspecified atom stereocenters. The highest BCUT2D eigenvalue weighted by Gasteiger charge is 2.31. The van der Waals surface area contributed by atoms with Gasteiger partial charge in [-0.05, 0) is 49.8 Å². The molecule has 4 heteroatoms. The van der Waals surface area contributed by atoms with Gasteiger partial charge < -0.3 is 5.32 Å². The molecule has 1 aromatic rings. The maximum atomic E-state index is 12.2. The summed E-state index contributed by atoms with van der Waals surface area (Å²) in [6.45, 7) is 4.87. The van der Waals surface area contributed by atoms with Crippen LogP contribution in [0.1, 0.15) is 38.7 Å². The van der Waals surface area contributed by atoms with Crippen LogP contribution in [0.15, 0.2) is 29.2 Å². The third-order valence-electron chi connectivity index (χ3n) is 3.98. The molecule has 0 amide bonds. The van der Waals surface area contributed by atoms with Crippen molar-refractivity contribution in [3.63, 3.8) is 0 Å². The van der Waals surface area contributed by atoms with Crippen LogP contribution >= 0.6 is 0 Å². The number of hydrogen-bond acceptors (Lipinski definition) is 3. The molecule has 0 aliphatic heterocycles. The van der Waals surface area contributed by atoms with E-state index in [-0.39, 0.29) is 5.75 Å². The van der Waals surface area contributed by atoms with Crippen LogP contribution in [0.5, 0.6) is 0 Å². The number of sulfone groups is 1. The highest BCUT2D eigenvalue weighted by atomic mass is 32.2. The fourth-order valence-electron chi connectivity index (χ4n) is 2.60. The zero-order chi connectivity index (χ0) is 14.6. The van der Waals surface area contributed by atoms with E-state index in [9.17, 15) is 8.42 Å². The lowest BCUT2D eigenvalue weighted by molar-refractivity contribution is 0.457. The highest BCUT2D eigenvalue weighted by molar-refractivity contribution is 7.91. The van der Waals surface area contributed by atoms with E-state index in [4.69, 9.17) is 0 Å². The average molecular weight is 295 g/mol. The topological polar surface area (TPSA) is 46.2 Å². The van der Waals surface area contributed by atoms with Gasteiger partial charge in [-0.3, -0.25) is 0 Å². The zero-order valence-corrected chi connectivity index (χ0v) is 13.2. The Bertz CT molecular complexity index is 535. The fraction of sp³-hybridized carbons (Fsp3) is 0.625. The second kappa shape index (κ2) is 6.72. The van der Waals surface area contributed by atoms with E-state index in [0.717, 1.165) is 30.9 Å². The van der Waals surface area contributed by atoms with E-state index < -0.39 is 9.84 Å². The molecule has 1 fully saturated rings. The minimum Gasteiger partial charge on any atom is -0.313 e. The Kier molecular flexibility index (Phi) is 5.22. The van der Waals surface area contributed by atoms with Crippen molar-refractivity contribution >= 4 is 9.84 Å². The average Bonchev–Trinajstić information content (AvgIpc) is 3.28. The van der Waals surface area contributed by atoms with Crippen LogP contribution < -0.4 is 5.32 Å². The molecule has 0 saturated heterocycles. The summed E-state index contributed by atoms with van der Waals surface area (Å²) in [6.07, 6.45) is 4.46. The lowest BCUT2D eigenvalue weighted by Gasteiger charge is -2.19. The summed E-state index contributed by atoms with van der Waals surface area (Å²) in [4.78, 5) is 0.520. The first-order valence-corrected chi connectivity index (χ1v) is 9.27. The minimum absolute atomic E-state index is 0.167. The van der Waals surface area contributed by atoms with Gasteiger partial charge in [-0.15, -0.1) is 0 Å². The molecule has 2 rings (SSSR count). The van der Waals surface area contributed by atoms with Gasteiger partial charge >= 0.3 is 0 Å². The first kappa shape index (κ1) is 15.5. The molecule has 0 heterocycles. The van der Waals surface area contributed by atoms with Crippen molar-refractivity contribution in [2.75, 3.05) is 12.3 Å². The maximum Gasteiger partial charge on any atom is 0.178 e. The second-order valence-electron chi connectivity index (χ2n) is 5.61. The van der Waals surface area contributed by atoms with Crippen molar-refractivity contribution in [2.24, 2.45) is 5.92 Å². The van der Waals surface area contributed by atoms with E-state index in [2.05, 4.69) is 12.2 Å². The normalized spacial score (nSPS) is 17.1. The number of hydrogen-bond donors (Lipinski definition) is 1.